The third-order valence-corrected chi connectivity index (χ3v) is 12.6. The van der Waals surface area contributed by atoms with Gasteiger partial charge in [-0.15, -0.1) is 0 Å². The van der Waals surface area contributed by atoms with E-state index in [1.54, 1.807) is 24.3 Å². The number of alkyl halides is 4. The minimum absolute atomic E-state index is 0.194. The first-order valence-electron chi connectivity index (χ1n) is 21.7. The van der Waals surface area contributed by atoms with Crippen molar-refractivity contribution >= 4 is 24.0 Å². The SMILES string of the molecule is COC(=O)N[C@H](C(=O)N1CC(F)(F)C[C@H]1c1ncc(-c2ccc(C#Cc3ccc(-c4cnc([C@@H]5CC(F)(F)CN5C(=O)[C@@H](NC(=O)OC)C5CCOCC5)[nH]4)cc3)cc2)[nH]1)C1CCOCC1. The predicted molar refractivity (Wildman–Crippen MR) is 228 cm³/mol. The van der Waals surface area contributed by atoms with Crippen LogP contribution in [0.4, 0.5) is 27.2 Å². The molecule has 4 N–H and O–H groups in total. The summed E-state index contributed by atoms with van der Waals surface area (Å²) >= 11 is 0. The fourth-order valence-corrected chi connectivity index (χ4v) is 9.09. The Hall–Kier alpha value is -6.46. The molecule has 0 unspecified atom stereocenters. The Labute approximate surface area is 377 Å². The first kappa shape index (κ1) is 46.1. The number of likely N-dealkylation sites (tertiary alicyclic amines) is 2. The summed E-state index contributed by atoms with van der Waals surface area (Å²) < 4.78 is 80.2. The van der Waals surface area contributed by atoms with Crippen molar-refractivity contribution in [2.75, 3.05) is 53.7 Å². The highest BCUT2D eigenvalue weighted by Crippen LogP contribution is 2.43. The number of nitrogens with zero attached hydrogens (tertiary/aromatic N) is 4. The van der Waals surface area contributed by atoms with Gasteiger partial charge >= 0.3 is 12.2 Å². The molecule has 4 aliphatic heterocycles. The zero-order chi connectivity index (χ0) is 46.6. The van der Waals surface area contributed by atoms with Gasteiger partial charge in [0.2, 0.25) is 11.8 Å². The van der Waals surface area contributed by atoms with Gasteiger partial charge in [0.25, 0.3) is 11.8 Å². The number of carbonyl (C=O) groups excluding carboxylic acids is 4. The molecule has 0 bridgehead atoms. The zero-order valence-electron chi connectivity index (χ0n) is 36.3. The van der Waals surface area contributed by atoms with E-state index in [4.69, 9.17) is 18.9 Å². The number of hydrogen-bond donors (Lipinski definition) is 4. The van der Waals surface area contributed by atoms with Crippen molar-refractivity contribution in [2.45, 2.75) is 74.5 Å². The average Bonchev–Trinajstić information content (AvgIpc) is 4.15. The first-order chi connectivity index (χ1) is 31.7. The summed E-state index contributed by atoms with van der Waals surface area (Å²) in [6, 6.07) is 10.2. The van der Waals surface area contributed by atoms with Gasteiger partial charge in [-0.05, 0) is 72.9 Å². The maximum atomic E-state index is 15.0. The van der Waals surface area contributed by atoms with Gasteiger partial charge in [-0.3, -0.25) is 9.59 Å². The number of benzene rings is 2. The number of imidazole rings is 2. The fraction of sp³-hybridized carbons (Fsp3) is 0.478. The number of amides is 4. The minimum Gasteiger partial charge on any atom is -0.453 e. The van der Waals surface area contributed by atoms with Crippen LogP contribution in [0.3, 0.4) is 0 Å². The first-order valence-corrected chi connectivity index (χ1v) is 21.7. The van der Waals surface area contributed by atoms with Gasteiger partial charge in [0, 0.05) is 50.4 Å². The van der Waals surface area contributed by atoms with Crippen molar-refractivity contribution < 1.29 is 55.7 Å². The van der Waals surface area contributed by atoms with Crippen molar-refractivity contribution in [1.29, 1.82) is 0 Å². The number of methoxy groups -OCH3 is 2. The number of H-pyrrole nitrogens is 2. The van der Waals surface area contributed by atoms with Crippen molar-refractivity contribution in [3.05, 3.63) is 83.7 Å². The van der Waals surface area contributed by atoms with Crippen LogP contribution < -0.4 is 10.6 Å². The number of rotatable bonds is 10. The molecule has 4 atom stereocenters. The molecular weight excluding hydrogens is 869 g/mol. The Morgan fingerprint density at radius 1 is 0.652 bits per heavy atom. The molecular formula is C46H50F4N8O8. The molecule has 0 aliphatic carbocycles. The van der Waals surface area contributed by atoms with Gasteiger partial charge in [-0.2, -0.15) is 0 Å². The fourth-order valence-electron chi connectivity index (χ4n) is 9.09. The Balaban J connectivity index is 0.920. The summed E-state index contributed by atoms with van der Waals surface area (Å²) in [5.74, 6) is -1.61. The topological polar surface area (TPSA) is 193 Å². The van der Waals surface area contributed by atoms with Gasteiger partial charge in [-0.25, -0.2) is 37.1 Å². The van der Waals surface area contributed by atoms with Gasteiger partial charge in [0.05, 0.1) is 63.2 Å². The van der Waals surface area contributed by atoms with E-state index in [2.05, 4.69) is 42.4 Å². The Morgan fingerprint density at radius 3 is 1.36 bits per heavy atom. The third-order valence-electron chi connectivity index (χ3n) is 12.6. The number of alkyl carbamates (subject to hydrolysis) is 2. The number of aromatic nitrogens is 4. The normalized spacial score (nSPS) is 21.6. The summed E-state index contributed by atoms with van der Waals surface area (Å²) in [5, 5.41) is 5.14. The second-order valence-corrected chi connectivity index (χ2v) is 17.0. The van der Waals surface area contributed by atoms with Crippen LogP contribution in [0.2, 0.25) is 0 Å². The number of aromatic amines is 2. The van der Waals surface area contributed by atoms with Gasteiger partial charge < -0.3 is 49.3 Å². The molecule has 2 aromatic carbocycles. The largest absolute Gasteiger partial charge is 0.453 e. The van der Waals surface area contributed by atoms with Gasteiger partial charge in [-0.1, -0.05) is 36.1 Å². The standard InChI is InChI=1S/C46H50F4N8O8/c1-63-43(61)55-37(31-13-17-65-18-14-31)41(59)57-25-45(47,48)21-35(57)39-51-23-33(53-39)29-9-5-27(6-10-29)3-4-28-7-11-30(12-8-28)34-24-52-40(54-34)36-22-46(49,50)26-58(36)42(60)38(56-44(62)64-2)32-15-19-66-20-16-32/h5-12,23-24,31-32,35-38H,13-22,25-26H2,1-2H3,(H,51,53)(H,52,54)(H,55,61)(H,56,62)/t35-,36-,37-,38-/m0/s1. The second-order valence-electron chi connectivity index (χ2n) is 17.0. The number of carbonyl (C=O) groups is 4. The van der Waals surface area contributed by atoms with Crippen LogP contribution >= 0.6 is 0 Å². The van der Waals surface area contributed by atoms with Crippen molar-refractivity contribution in [2.24, 2.45) is 11.8 Å². The lowest BCUT2D eigenvalue weighted by Gasteiger charge is -2.33. The van der Waals surface area contributed by atoms with Crippen LogP contribution in [-0.4, -0.2) is 131 Å². The summed E-state index contributed by atoms with van der Waals surface area (Å²) in [4.78, 5) is 69.4. The van der Waals surface area contributed by atoms with Crippen LogP contribution in [0.5, 0.6) is 0 Å². The highest BCUT2D eigenvalue weighted by atomic mass is 19.3. The smallest absolute Gasteiger partial charge is 0.407 e. The lowest BCUT2D eigenvalue weighted by atomic mass is 9.90. The molecule has 4 aliphatic rings. The highest BCUT2D eigenvalue weighted by molar-refractivity contribution is 5.87. The minimum atomic E-state index is -3.17. The lowest BCUT2D eigenvalue weighted by Crippen LogP contribution is -2.53. The number of nitrogens with one attached hydrogen (secondary N) is 4. The molecule has 0 saturated carbocycles. The summed E-state index contributed by atoms with van der Waals surface area (Å²) in [6.45, 7) is -0.111. The molecule has 4 fully saturated rings. The molecule has 20 heteroatoms. The number of halogens is 4. The predicted octanol–water partition coefficient (Wildman–Crippen LogP) is 5.99. The third kappa shape index (κ3) is 10.5. The highest BCUT2D eigenvalue weighted by Gasteiger charge is 2.52. The molecule has 2 aromatic heterocycles. The van der Waals surface area contributed by atoms with E-state index in [1.807, 2.05) is 24.3 Å². The Kier molecular flexibility index (Phi) is 13.7. The zero-order valence-corrected chi connectivity index (χ0v) is 36.3. The maximum Gasteiger partial charge on any atom is 0.407 e. The summed E-state index contributed by atoms with van der Waals surface area (Å²) in [5.41, 5.74) is 3.91. The maximum absolute atomic E-state index is 15.0. The second kappa shape index (κ2) is 19.6. The summed E-state index contributed by atoms with van der Waals surface area (Å²) in [7, 11) is 2.34. The molecule has 0 spiro atoms. The molecule has 350 valence electrons. The van der Waals surface area contributed by atoms with Crippen LogP contribution in [0, 0.1) is 23.7 Å². The molecule has 16 nitrogen and oxygen atoms in total. The Morgan fingerprint density at radius 2 is 1.02 bits per heavy atom. The monoisotopic (exact) mass is 918 g/mol. The van der Waals surface area contributed by atoms with Crippen LogP contribution in [0.1, 0.15) is 73.4 Å². The molecule has 0 radical (unpaired) electrons. The Bertz CT molecular complexity index is 2280. The molecule has 4 amide bonds. The molecule has 6 heterocycles. The molecule has 66 heavy (non-hydrogen) atoms. The average molecular weight is 919 g/mol. The van der Waals surface area contributed by atoms with E-state index in [-0.39, 0.29) is 23.5 Å². The van der Waals surface area contributed by atoms with Crippen LogP contribution in [0.25, 0.3) is 22.5 Å². The van der Waals surface area contributed by atoms with E-state index in [0.717, 1.165) is 9.80 Å². The van der Waals surface area contributed by atoms with E-state index in [9.17, 15) is 36.7 Å². The van der Waals surface area contributed by atoms with Gasteiger partial charge in [0.15, 0.2) is 0 Å². The van der Waals surface area contributed by atoms with Gasteiger partial charge in [0.1, 0.15) is 23.7 Å². The van der Waals surface area contributed by atoms with E-state index in [1.165, 1.54) is 26.6 Å². The van der Waals surface area contributed by atoms with Crippen LogP contribution in [0.15, 0.2) is 60.9 Å². The van der Waals surface area contributed by atoms with Crippen molar-refractivity contribution in [3.63, 3.8) is 0 Å². The quantitative estimate of drug-likeness (QED) is 0.109. The van der Waals surface area contributed by atoms with E-state index in [0.29, 0.717) is 85.8 Å². The van der Waals surface area contributed by atoms with E-state index < -0.39 is 85.9 Å². The van der Waals surface area contributed by atoms with E-state index >= 15 is 0 Å². The number of hydrogen-bond acceptors (Lipinski definition) is 10. The molecule has 8 rings (SSSR count). The summed E-state index contributed by atoms with van der Waals surface area (Å²) in [6.07, 6.45) is 2.01. The van der Waals surface area contributed by atoms with Crippen molar-refractivity contribution in [1.82, 2.24) is 40.4 Å². The molecule has 4 aromatic rings. The molecule has 4 saturated heterocycles. The lowest BCUT2D eigenvalue weighted by molar-refractivity contribution is -0.138. The van der Waals surface area contributed by atoms with Crippen molar-refractivity contribution in [3.8, 4) is 34.4 Å². The number of ether oxygens (including phenoxy) is 4. The van der Waals surface area contributed by atoms with Crippen LogP contribution in [-0.2, 0) is 28.5 Å².